The maximum absolute atomic E-state index is 13.9. The molecule has 4 aromatic heterocycles. The number of fused-ring (bicyclic) bond motifs is 4. The van der Waals surface area contributed by atoms with E-state index in [1.54, 1.807) is 0 Å². The third-order valence-corrected chi connectivity index (χ3v) is 14.4. The average Bonchev–Trinajstić information content (AvgIpc) is 1.57. The molecule has 0 aliphatic carbocycles. The Hall–Kier alpha value is -14.2. The van der Waals surface area contributed by atoms with Crippen molar-refractivity contribution in [2.75, 3.05) is 52.4 Å². The number of alkyl halides is 8. The highest BCUT2D eigenvalue weighted by Crippen LogP contribution is 2.38. The van der Waals surface area contributed by atoms with Gasteiger partial charge in [-0.3, -0.25) is 19.2 Å². The van der Waals surface area contributed by atoms with Crippen LogP contribution in [-0.2, 0) is 26.0 Å². The van der Waals surface area contributed by atoms with Crippen molar-refractivity contribution in [2.24, 2.45) is 0 Å². The fourth-order valence-electron chi connectivity index (χ4n) is 9.55. The van der Waals surface area contributed by atoms with E-state index in [0.29, 0.717) is 20.8 Å². The van der Waals surface area contributed by atoms with E-state index in [1.807, 2.05) is 0 Å². The molecule has 0 bridgehead atoms. The minimum atomic E-state index is -3.93. The number of ether oxygens (including phenoxy) is 8. The molecule has 4 aliphatic heterocycles. The summed E-state index contributed by atoms with van der Waals surface area (Å²) < 4.78 is 525. The van der Waals surface area contributed by atoms with Gasteiger partial charge in [-0.2, -0.15) is 35.1 Å². The lowest BCUT2D eigenvalue weighted by Crippen LogP contribution is -2.32. The molecule has 616 valence electrons. The van der Waals surface area contributed by atoms with Gasteiger partial charge in [0.2, 0.25) is 0 Å². The van der Waals surface area contributed by atoms with Gasteiger partial charge in [0.1, 0.15) is 95.7 Å². The highest BCUT2D eigenvalue weighted by molar-refractivity contribution is 6.01. The van der Waals surface area contributed by atoms with E-state index in [0.717, 1.165) is 36.7 Å². The van der Waals surface area contributed by atoms with Crippen LogP contribution in [-0.4, -0.2) is 160 Å². The van der Waals surface area contributed by atoms with Gasteiger partial charge in [-0.05, 0) is 165 Å². The van der Waals surface area contributed by atoms with Gasteiger partial charge >= 0.3 is 24.4 Å². The van der Waals surface area contributed by atoms with Crippen molar-refractivity contribution in [1.82, 2.24) is 59.5 Å². The Labute approximate surface area is 747 Å². The molecule has 12 aromatic rings. The molecule has 24 nitrogen and oxygen atoms in total. The van der Waals surface area contributed by atoms with Crippen LogP contribution in [0.2, 0.25) is 0 Å². The first-order chi connectivity index (χ1) is 76.0. The molecular weight excluding hydrogens is 1570 g/mol. The second kappa shape index (κ2) is 37.4. The zero-order valence-electron chi connectivity index (χ0n) is 107. The molecule has 8 aromatic carbocycles. The minimum absolute atomic E-state index is 0.0226. The van der Waals surface area contributed by atoms with Gasteiger partial charge in [-0.25, -0.2) is 39.9 Å². The summed E-state index contributed by atoms with van der Waals surface area (Å²) in [6, 6.07) is -13.0. The van der Waals surface area contributed by atoms with Crippen LogP contribution >= 0.6 is 0 Å². The Morgan fingerprint density at radius 3 is 0.950 bits per heavy atom. The fraction of sp³-hybridized carbons (Fsp3) is 0.227. The molecule has 0 radical (unpaired) electrons. The Morgan fingerprint density at radius 1 is 0.342 bits per heavy atom. The van der Waals surface area contributed by atoms with Crippen molar-refractivity contribution in [3.63, 3.8) is 0 Å². The second-order valence-electron chi connectivity index (χ2n) is 23.4. The van der Waals surface area contributed by atoms with E-state index in [4.69, 9.17) is 82.0 Å². The SMILES string of the molecule is [2H]c1c([2H])c(-c2c([2H])c([2H])c3c(c2[2H])C(=O)N(C([2H])([2H])c2ncccn2)C([2H])([2H])CO3)c([2H])c([2H])c1OC(C)(F)F.[2H]c1nc(C([2H])([2H])N2C(=O)c3c([2H])c(-c4c([2H])c([2H])c(OC(C)(F)F)c([2H])c4[2H])c([2H])c([2H])c3OCC2([2H])[2H])nc([2H])c1[2H].[2H]c1nc(C([2H])([2H])N2C(=O)c3c([2H])c(-c4ccc(OC(C)(F)F)cc4)c([2H])c([2H])c3OCC2([2H])[2H])nc([2H])c1[2H].[2H]c1nc(C([2H])([2H])N2C(=O)c3cc(-c4c([2H])c([2H])c(OC(C)(F)F)c([2H])c4[2H])ccc3OCC2([2H])[2H])nc([2H])c1[2H]. The van der Waals surface area contributed by atoms with Crippen LogP contribution in [0.15, 0.2) is 243 Å². The topological polar surface area (TPSA) is 258 Å². The molecule has 120 heavy (non-hydrogen) atoms. The highest BCUT2D eigenvalue weighted by atomic mass is 19.3. The summed E-state index contributed by atoms with van der Waals surface area (Å²) in [6.45, 7) is -27.4. The Bertz CT molecular complexity index is 8140. The first-order valence-corrected chi connectivity index (χ1v) is 33.4. The Balaban J connectivity index is 0.000000182. The van der Waals surface area contributed by atoms with Crippen molar-refractivity contribution < 1.29 is 155 Å². The number of amides is 4. The summed E-state index contributed by atoms with van der Waals surface area (Å²) in [4.78, 5) is 83.9. The van der Waals surface area contributed by atoms with Crippen LogP contribution in [0.4, 0.5) is 35.1 Å². The largest absolute Gasteiger partial charge is 0.491 e. The van der Waals surface area contributed by atoms with E-state index in [-0.39, 0.29) is 54.7 Å². The van der Waals surface area contributed by atoms with E-state index in [9.17, 15) is 54.3 Å². The molecule has 4 aliphatic rings. The summed E-state index contributed by atoms with van der Waals surface area (Å²) in [5.74, 6) is -15.7. The van der Waals surface area contributed by atoms with E-state index in [2.05, 4.69) is 58.8 Å². The quantitative estimate of drug-likeness (QED) is 0.0642. The van der Waals surface area contributed by atoms with E-state index < -0.39 is 416 Å². The van der Waals surface area contributed by atoms with Crippen molar-refractivity contribution in [1.29, 1.82) is 0 Å². The second-order valence-corrected chi connectivity index (χ2v) is 23.4. The smallest absolute Gasteiger partial charge is 0.394 e. The molecule has 0 unspecified atom stereocenters. The van der Waals surface area contributed by atoms with Gasteiger partial charge < -0.3 is 57.5 Å². The molecule has 0 saturated carbocycles. The number of halogens is 8. The molecule has 0 fully saturated rings. The molecule has 32 heteroatoms. The number of nitrogens with zero attached hydrogens (tertiary/aromatic N) is 12. The average molecular weight is 1690 g/mol. The maximum atomic E-state index is 13.9. The number of aromatic nitrogens is 8. The van der Waals surface area contributed by atoms with E-state index >= 15 is 0 Å². The first-order valence-electron chi connectivity index (χ1n) is 56.4. The van der Waals surface area contributed by atoms with Crippen molar-refractivity contribution in [2.45, 2.75) is 78.1 Å². The van der Waals surface area contributed by atoms with Gasteiger partial charge in [-0.1, -0.05) is 72.6 Å². The molecule has 0 N–H and O–H groups in total. The zero-order chi connectivity index (χ0) is 125. The monoisotopic (exact) mass is 1690 g/mol. The summed E-state index contributed by atoms with van der Waals surface area (Å²) in [7, 11) is 0. The minimum Gasteiger partial charge on any atom is -0.491 e. The van der Waals surface area contributed by atoms with Gasteiger partial charge in [0.15, 0.2) is 0 Å². The standard InChI is InChI=1S/4C22H19F2N3O3/c4*1-22(23,24)30-17-6-3-15(4-7-17)16-5-8-19-18(13-16)21(28)27(11-12-29-19)14-20-25-9-2-10-26-20/h4*2-10,13H,11-12,14H2,1H3/i2D,3D,4D,5D,6D,7D,8D,9D,10D,11D2,13D,14D2;3D,4D,5D,6D,7D,8D,11D2,13D,14D2;2D,3D,4D,6D,7D,9D,10D,11D2,14D2;2D,5D,8D,9D,10D,11D2,13D,14D2. The van der Waals surface area contributed by atoms with Crippen LogP contribution in [0.1, 0.15) is 155 Å². The summed E-state index contributed by atoms with van der Waals surface area (Å²) in [5, 5.41) is 0. The third-order valence-electron chi connectivity index (χ3n) is 14.4. The first kappa shape index (κ1) is 43.3. The number of hydrogen-bond acceptors (Lipinski definition) is 20. The molecular formula is C88H76F8N12O12. The Morgan fingerprint density at radius 2 is 0.617 bits per heavy atom. The number of benzene rings is 8. The van der Waals surface area contributed by atoms with Crippen LogP contribution < -0.4 is 37.9 Å². The number of hydrogen-bond donors (Lipinski definition) is 0. The normalized spacial score (nSPS) is 21.6. The predicted molar refractivity (Wildman–Crippen MR) is 422 cm³/mol. The number of rotatable bonds is 20. The van der Waals surface area contributed by atoms with Gasteiger partial charge in [0.25, 0.3) is 23.6 Å². The number of carbonyl (C=O) groups is 4. The zero-order valence-corrected chi connectivity index (χ0v) is 60.9. The summed E-state index contributed by atoms with van der Waals surface area (Å²) in [6.07, 6.45) is -18.0. The maximum Gasteiger partial charge on any atom is 0.394 e. The lowest BCUT2D eigenvalue weighted by Gasteiger charge is -2.19. The molecule has 0 atom stereocenters. The summed E-state index contributed by atoms with van der Waals surface area (Å²) in [5.41, 5.74) is -7.43. The van der Waals surface area contributed by atoms with Gasteiger partial charge in [-0.15, -0.1) is 0 Å². The fourth-order valence-corrected chi connectivity index (χ4v) is 9.55. The number of carbonyl (C=O) groups excluding carboxylic acids is 4. The van der Waals surface area contributed by atoms with Crippen molar-refractivity contribution in [3.05, 3.63) is 289 Å². The third kappa shape index (κ3) is 23.1. The van der Waals surface area contributed by atoms with Crippen LogP contribution in [0.5, 0.6) is 46.0 Å². The molecule has 0 saturated heterocycles. The van der Waals surface area contributed by atoms with Crippen molar-refractivity contribution >= 4 is 23.6 Å². The Kier molecular flexibility index (Phi) is 13.5. The van der Waals surface area contributed by atoms with Gasteiger partial charge in [0.05, 0.1) is 137 Å². The lowest BCUT2D eigenvalue weighted by atomic mass is 10.0. The molecule has 0 spiro atoms. The van der Waals surface area contributed by atoms with Crippen LogP contribution in [0.25, 0.3) is 44.5 Å². The van der Waals surface area contributed by atoms with E-state index in [1.165, 1.54) is 24.3 Å². The molecule has 4 amide bonds. The molecule has 8 heterocycles. The predicted octanol–water partition coefficient (Wildman–Crippen LogP) is 16.7. The van der Waals surface area contributed by atoms with Crippen LogP contribution in [0, 0.1) is 0 Å². The molecule has 16 rings (SSSR count). The van der Waals surface area contributed by atoms with Gasteiger partial charge in [0, 0.05) is 77.1 Å². The van der Waals surface area contributed by atoms with Crippen molar-refractivity contribution in [3.8, 4) is 90.5 Å². The van der Waals surface area contributed by atoms with Crippen LogP contribution in [0.3, 0.4) is 0 Å². The summed E-state index contributed by atoms with van der Waals surface area (Å²) >= 11 is 0. The highest BCUT2D eigenvalue weighted by Gasteiger charge is 2.32. The lowest BCUT2D eigenvalue weighted by molar-refractivity contribution is -0.159.